The van der Waals surface area contributed by atoms with Gasteiger partial charge < -0.3 is 34.7 Å². The van der Waals surface area contributed by atoms with Gasteiger partial charge in [0, 0.05) is 28.0 Å². The maximum absolute atomic E-state index is 14.4. The molecule has 254 valence electrons. The Balaban J connectivity index is 1.42. The van der Waals surface area contributed by atoms with Gasteiger partial charge >= 0.3 is 13.7 Å². The summed E-state index contributed by atoms with van der Waals surface area (Å²) >= 11 is 1.93. The molecule has 0 radical (unpaired) electrons. The van der Waals surface area contributed by atoms with Gasteiger partial charge in [0.05, 0.1) is 20.3 Å². The number of aliphatic hydroxyl groups is 2. The van der Waals surface area contributed by atoms with Crippen LogP contribution in [0.5, 0.6) is 11.6 Å². The number of carbonyl (C=O) groups excluding carboxylic acids is 1. The summed E-state index contributed by atoms with van der Waals surface area (Å²) in [5, 5.41) is 26.9. The second-order valence-corrected chi connectivity index (χ2v) is 15.3. The molecule has 1 unspecified atom stereocenters. The van der Waals surface area contributed by atoms with Crippen molar-refractivity contribution < 1.29 is 42.8 Å². The highest BCUT2D eigenvalue weighted by molar-refractivity contribution is 14.1. The number of anilines is 1. The molecular weight excluding hydrogens is 746 g/mol. The summed E-state index contributed by atoms with van der Waals surface area (Å²) in [5.41, 5.74) is 4.16. The number of halogens is 1. The zero-order valence-electron chi connectivity index (χ0n) is 26.7. The van der Waals surface area contributed by atoms with E-state index in [1.807, 2.05) is 61.6 Å². The summed E-state index contributed by atoms with van der Waals surface area (Å²) in [6, 6.07) is 11.4. The second-order valence-electron chi connectivity index (χ2n) is 12.6. The molecular formula is C30H38IN6O9P. The Bertz CT molecular complexity index is 1830. The van der Waals surface area contributed by atoms with E-state index in [0.29, 0.717) is 9.22 Å². The number of nitrogen functional groups attached to an aromatic ring is 1. The zero-order chi connectivity index (χ0) is 34.3. The minimum Gasteiger partial charge on any atom is -0.479 e. The lowest BCUT2D eigenvalue weighted by Gasteiger charge is -2.28. The number of carbonyl (C=O) groups is 1. The Morgan fingerprint density at radius 1 is 1.21 bits per heavy atom. The topological polar surface area (TPSA) is 202 Å². The molecule has 1 fully saturated rings. The molecule has 47 heavy (non-hydrogen) atoms. The number of esters is 1. The smallest absolute Gasteiger partial charge is 0.459 e. The Labute approximate surface area is 284 Å². The molecule has 0 spiro atoms. The molecule has 0 saturated carbocycles. The number of ether oxygens (including phenoxy) is 3. The fourth-order valence-electron chi connectivity index (χ4n) is 5.01. The van der Waals surface area contributed by atoms with E-state index in [0.717, 1.165) is 5.39 Å². The number of fused-ring (bicyclic) bond motifs is 2. The molecule has 2 aromatic carbocycles. The maximum Gasteiger partial charge on any atom is 0.459 e. The molecule has 3 heterocycles. The summed E-state index contributed by atoms with van der Waals surface area (Å²) < 4.78 is 44.9. The van der Waals surface area contributed by atoms with Crippen LogP contribution < -0.4 is 20.1 Å². The first kappa shape index (κ1) is 35.2. The van der Waals surface area contributed by atoms with Crippen LogP contribution in [-0.4, -0.2) is 79.9 Å². The Kier molecular flexibility index (Phi) is 10.0. The van der Waals surface area contributed by atoms with Gasteiger partial charge in [-0.25, -0.2) is 9.55 Å². The van der Waals surface area contributed by atoms with Crippen LogP contribution in [0.2, 0.25) is 0 Å². The van der Waals surface area contributed by atoms with E-state index >= 15 is 0 Å². The van der Waals surface area contributed by atoms with E-state index < -0.39 is 50.4 Å². The Morgan fingerprint density at radius 3 is 2.62 bits per heavy atom. The molecule has 0 aliphatic carbocycles. The SMILES string of the molecule is COc1nc(N)nc2c1nc(I)n2C1O[C@H](CO[P@](=O)(N[C@@H](C)C(=O)OCC(C)(C)C)Oc2cccc3ccccc23)[C@@H](O)[C@@]1(C)O. The van der Waals surface area contributed by atoms with Crippen molar-refractivity contribution in [3.05, 3.63) is 46.3 Å². The first-order chi connectivity index (χ1) is 22.0. The van der Waals surface area contributed by atoms with Gasteiger partial charge in [0.2, 0.25) is 11.8 Å². The quantitative estimate of drug-likeness (QED) is 0.0737. The number of hydrogen-bond acceptors (Lipinski definition) is 13. The lowest BCUT2D eigenvalue weighted by atomic mass is 9.96. The van der Waals surface area contributed by atoms with Gasteiger partial charge in [-0.1, -0.05) is 57.2 Å². The van der Waals surface area contributed by atoms with Gasteiger partial charge in [-0.2, -0.15) is 15.1 Å². The molecule has 6 atom stereocenters. The number of rotatable bonds is 11. The van der Waals surface area contributed by atoms with Crippen LogP contribution in [0.15, 0.2) is 42.5 Å². The third-order valence-electron chi connectivity index (χ3n) is 7.39. The summed E-state index contributed by atoms with van der Waals surface area (Å²) in [6.45, 7) is 8.21. The predicted molar refractivity (Wildman–Crippen MR) is 181 cm³/mol. The van der Waals surface area contributed by atoms with E-state index in [4.69, 9.17) is 29.0 Å². The second kappa shape index (κ2) is 13.4. The van der Waals surface area contributed by atoms with Gasteiger partial charge in [0.25, 0.3) is 0 Å². The molecule has 15 nitrogen and oxygen atoms in total. The molecule has 5 rings (SSSR count). The summed E-state index contributed by atoms with van der Waals surface area (Å²) in [4.78, 5) is 25.6. The fraction of sp³-hybridized carbons (Fsp3) is 0.467. The number of benzene rings is 2. The zero-order valence-corrected chi connectivity index (χ0v) is 29.8. The number of methoxy groups -OCH3 is 1. The Morgan fingerprint density at radius 2 is 1.91 bits per heavy atom. The number of hydrogen-bond donors (Lipinski definition) is 4. The van der Waals surface area contributed by atoms with Crippen molar-refractivity contribution >= 4 is 64.2 Å². The van der Waals surface area contributed by atoms with Crippen molar-refractivity contribution in [1.82, 2.24) is 24.6 Å². The molecule has 1 saturated heterocycles. The van der Waals surface area contributed by atoms with Crippen LogP contribution in [0.3, 0.4) is 0 Å². The van der Waals surface area contributed by atoms with Crippen molar-refractivity contribution in [1.29, 1.82) is 0 Å². The average molecular weight is 785 g/mol. The number of nitrogens with zero attached hydrogens (tertiary/aromatic N) is 4. The highest BCUT2D eigenvalue weighted by Crippen LogP contribution is 2.49. The Hall–Kier alpha value is -3.12. The number of aliphatic hydroxyl groups excluding tert-OH is 1. The van der Waals surface area contributed by atoms with Crippen LogP contribution >= 0.6 is 30.3 Å². The average Bonchev–Trinajstić information content (AvgIpc) is 3.44. The van der Waals surface area contributed by atoms with Gasteiger partial charge in [-0.05, 0) is 30.7 Å². The van der Waals surface area contributed by atoms with E-state index in [1.54, 1.807) is 24.3 Å². The van der Waals surface area contributed by atoms with Gasteiger partial charge in [-0.3, -0.25) is 13.9 Å². The first-order valence-electron chi connectivity index (χ1n) is 14.7. The van der Waals surface area contributed by atoms with Gasteiger partial charge in [0.15, 0.2) is 21.2 Å². The minimum atomic E-state index is -4.38. The van der Waals surface area contributed by atoms with E-state index in [2.05, 4.69) is 20.0 Å². The van der Waals surface area contributed by atoms with Crippen molar-refractivity contribution in [2.45, 2.75) is 64.7 Å². The molecule has 1 aliphatic rings. The van der Waals surface area contributed by atoms with E-state index in [9.17, 15) is 19.6 Å². The van der Waals surface area contributed by atoms with Crippen LogP contribution in [0.1, 0.15) is 40.8 Å². The maximum atomic E-state index is 14.4. The lowest BCUT2D eigenvalue weighted by Crippen LogP contribution is -2.45. The molecule has 5 N–H and O–H groups in total. The number of imidazole rings is 1. The largest absolute Gasteiger partial charge is 0.479 e. The van der Waals surface area contributed by atoms with Crippen molar-refractivity contribution in [3.8, 4) is 11.6 Å². The third-order valence-corrected chi connectivity index (χ3v) is 9.78. The summed E-state index contributed by atoms with van der Waals surface area (Å²) in [5.74, 6) is -0.408. The molecule has 4 aromatic rings. The first-order valence-corrected chi connectivity index (χ1v) is 17.3. The van der Waals surface area contributed by atoms with Crippen molar-refractivity contribution in [2.24, 2.45) is 5.41 Å². The lowest BCUT2D eigenvalue weighted by molar-refractivity contribution is -0.148. The van der Waals surface area contributed by atoms with Gasteiger partial charge in [-0.15, -0.1) is 0 Å². The molecule has 2 aromatic heterocycles. The van der Waals surface area contributed by atoms with E-state index in [1.165, 1.54) is 25.5 Å². The number of nitrogens with one attached hydrogen (secondary N) is 1. The number of aromatic nitrogens is 4. The minimum absolute atomic E-state index is 0.0993. The van der Waals surface area contributed by atoms with Crippen molar-refractivity contribution in [2.75, 3.05) is 26.1 Å². The number of nitrogens with two attached hydrogens (primary N) is 1. The highest BCUT2D eigenvalue weighted by Gasteiger charge is 2.55. The molecule has 1 aliphatic heterocycles. The molecule has 0 amide bonds. The van der Waals surface area contributed by atoms with Crippen LogP contribution in [0.25, 0.3) is 21.9 Å². The summed E-state index contributed by atoms with van der Waals surface area (Å²) in [7, 11) is -2.98. The standard InChI is InChI=1S/C30H38IN6O9P/c1-16(25(39)43-15-29(2,3)4)36-47(41,46-19-13-9-11-17-10-7-8-12-18(17)19)44-14-20-22(38)30(5,40)26(45-20)37-23-21(33-27(37)31)24(42-6)35-28(32)34-23/h7-13,16,20,22,26,38,40H,14-15H2,1-6H3,(H,36,41)(H2,32,34,35)/t16-,20+,22+,26?,30+,47+/m0/s1. The van der Waals surface area contributed by atoms with Gasteiger partial charge in [0.1, 0.15) is 29.6 Å². The predicted octanol–water partition coefficient (Wildman–Crippen LogP) is 3.96. The van der Waals surface area contributed by atoms with Crippen molar-refractivity contribution in [3.63, 3.8) is 0 Å². The monoisotopic (exact) mass is 784 g/mol. The van der Waals surface area contributed by atoms with Crippen LogP contribution in [0.4, 0.5) is 5.95 Å². The highest BCUT2D eigenvalue weighted by atomic mass is 127. The fourth-order valence-corrected chi connectivity index (χ4v) is 7.25. The van der Waals surface area contributed by atoms with Crippen LogP contribution in [-0.2, 0) is 23.4 Å². The normalized spacial score (nSPS) is 23.5. The third kappa shape index (κ3) is 7.48. The van der Waals surface area contributed by atoms with Crippen LogP contribution in [0, 0.1) is 9.25 Å². The summed E-state index contributed by atoms with van der Waals surface area (Å²) in [6.07, 6.45) is -4.00. The molecule has 17 heteroatoms. The molecule has 0 bridgehead atoms. The van der Waals surface area contributed by atoms with E-state index in [-0.39, 0.29) is 40.8 Å².